The number of nitrogens with two attached hydrogens (primary N) is 1. The topological polar surface area (TPSA) is 449 Å². The number of rotatable bonds is 19. The van der Waals surface area contributed by atoms with E-state index in [1.807, 2.05) is 0 Å². The summed E-state index contributed by atoms with van der Waals surface area (Å²) in [5.74, 6) is -16.3. The Labute approximate surface area is 444 Å². The van der Waals surface area contributed by atoms with Crippen molar-refractivity contribution in [2.45, 2.75) is 167 Å². The SMILES string of the molecule is CC[C@H](C)[C@@H]1NC(=O)[C@H](C)NC(=O)[C@H](Cc2ccc(O)cc2)NC(=O)[C@H](CC(=O)O)NC(=O)[C@H](CCC(=O)O)NC(=O)[C@H]([C@@H](C)CC)NC(=O)[C@H](CCC(=O)O)NC(=O)[C@H](C(C)C)NC(=O)[C@H](CCCNC(N)=O)NC1=O. The van der Waals surface area contributed by atoms with E-state index >= 15 is 0 Å². The van der Waals surface area contributed by atoms with Crippen molar-refractivity contribution in [2.75, 3.05) is 6.54 Å². The van der Waals surface area contributed by atoms with Gasteiger partial charge in [-0.25, -0.2) is 4.79 Å². The maximum absolute atomic E-state index is 14.2. The highest BCUT2D eigenvalue weighted by Crippen LogP contribution is 2.16. The highest BCUT2D eigenvalue weighted by atomic mass is 16.4. The molecule has 0 radical (unpaired) electrons. The molecule has 2 rings (SSSR count). The Hall–Kier alpha value is -8.07. The van der Waals surface area contributed by atoms with E-state index in [0.29, 0.717) is 5.56 Å². The van der Waals surface area contributed by atoms with Crippen molar-refractivity contribution in [3.8, 4) is 5.75 Å². The molecular formula is C49H75N11O17. The number of hydrogen-bond donors (Lipinski definition) is 15. The number of primary amides is 1. The van der Waals surface area contributed by atoms with Crippen LogP contribution in [-0.4, -0.2) is 158 Å². The third kappa shape index (κ3) is 22.4. The van der Waals surface area contributed by atoms with Crippen molar-refractivity contribution in [1.82, 2.24) is 53.2 Å². The number of phenolic OH excluding ortho intramolecular Hbond substituents is 1. The largest absolute Gasteiger partial charge is 0.508 e. The summed E-state index contributed by atoms with van der Waals surface area (Å²) in [4.78, 5) is 174. The van der Waals surface area contributed by atoms with Crippen molar-refractivity contribution < 1.29 is 82.8 Å². The Kier molecular flexibility index (Phi) is 26.8. The normalized spacial score (nSPS) is 24.8. The molecule has 0 unspecified atom stereocenters. The van der Waals surface area contributed by atoms with Gasteiger partial charge in [0.1, 0.15) is 60.1 Å². The number of carboxylic acid groups (broad SMARTS) is 3. The second-order valence-electron chi connectivity index (χ2n) is 19.3. The van der Waals surface area contributed by atoms with E-state index in [1.165, 1.54) is 52.0 Å². The van der Waals surface area contributed by atoms with Gasteiger partial charge in [0, 0.05) is 25.8 Å². The minimum Gasteiger partial charge on any atom is -0.508 e. The number of aromatic hydroxyl groups is 1. The zero-order valence-corrected chi connectivity index (χ0v) is 44.2. The zero-order valence-electron chi connectivity index (χ0n) is 44.2. The molecule has 428 valence electrons. The van der Waals surface area contributed by atoms with E-state index < -0.39 is 181 Å². The number of carbonyl (C=O) groups excluding carboxylic acids is 10. The van der Waals surface area contributed by atoms with Gasteiger partial charge in [0.15, 0.2) is 0 Å². The first-order valence-corrected chi connectivity index (χ1v) is 25.3. The maximum atomic E-state index is 14.2. The fourth-order valence-electron chi connectivity index (χ4n) is 7.75. The molecule has 1 aliphatic heterocycles. The van der Waals surface area contributed by atoms with Crippen LogP contribution in [0.15, 0.2) is 24.3 Å². The molecule has 1 aliphatic rings. The Bertz CT molecular complexity index is 2300. The lowest BCUT2D eigenvalue weighted by Crippen LogP contribution is -2.62. The molecule has 16 N–H and O–H groups in total. The summed E-state index contributed by atoms with van der Waals surface area (Å²) in [5, 5.41) is 63.4. The van der Waals surface area contributed by atoms with Gasteiger partial charge in [-0.1, -0.05) is 66.5 Å². The van der Waals surface area contributed by atoms with E-state index in [0.717, 1.165) is 0 Å². The van der Waals surface area contributed by atoms with Gasteiger partial charge in [-0.3, -0.25) is 57.5 Å². The molecule has 0 bridgehead atoms. The molecule has 0 saturated carbocycles. The summed E-state index contributed by atoms with van der Waals surface area (Å²) in [7, 11) is 0. The van der Waals surface area contributed by atoms with E-state index in [-0.39, 0.29) is 44.4 Å². The fraction of sp³-hybridized carbons (Fsp3) is 0.612. The quantitative estimate of drug-likeness (QED) is 0.0650. The molecule has 11 atom stereocenters. The lowest BCUT2D eigenvalue weighted by Gasteiger charge is -2.30. The molecule has 0 aromatic heterocycles. The van der Waals surface area contributed by atoms with Crippen LogP contribution in [0, 0.1) is 17.8 Å². The highest BCUT2D eigenvalue weighted by molar-refractivity contribution is 6.00. The van der Waals surface area contributed by atoms with Crippen LogP contribution in [0.5, 0.6) is 5.75 Å². The van der Waals surface area contributed by atoms with Gasteiger partial charge >= 0.3 is 23.9 Å². The summed E-state index contributed by atoms with van der Waals surface area (Å²) in [6.07, 6.45) is -3.82. The molecule has 1 saturated heterocycles. The van der Waals surface area contributed by atoms with Gasteiger partial charge < -0.3 is 79.3 Å². The first-order chi connectivity index (χ1) is 36.1. The van der Waals surface area contributed by atoms with Gasteiger partial charge in [0.25, 0.3) is 0 Å². The second kappa shape index (κ2) is 31.7. The maximum Gasteiger partial charge on any atom is 0.312 e. The van der Waals surface area contributed by atoms with Crippen molar-refractivity contribution in [3.63, 3.8) is 0 Å². The van der Waals surface area contributed by atoms with Gasteiger partial charge in [-0.2, -0.15) is 0 Å². The van der Waals surface area contributed by atoms with Crippen LogP contribution >= 0.6 is 0 Å². The summed E-state index contributed by atoms with van der Waals surface area (Å²) < 4.78 is 0. The molecule has 28 nitrogen and oxygen atoms in total. The van der Waals surface area contributed by atoms with Crippen molar-refractivity contribution in [1.29, 1.82) is 0 Å². The van der Waals surface area contributed by atoms with Crippen molar-refractivity contribution >= 4 is 77.1 Å². The molecule has 0 spiro atoms. The van der Waals surface area contributed by atoms with Crippen LogP contribution in [0.4, 0.5) is 4.79 Å². The number of carbonyl (C=O) groups is 13. The van der Waals surface area contributed by atoms with E-state index in [9.17, 15) is 82.8 Å². The standard InChI is InChI=1S/C49H75N11O17/c1-8-24(5)38-47(75)53-29(11-10-20-51-49(50)77)42(70)58-37(23(3)4)46(74)54-31(17-19-35(64)65)43(71)60-39(25(6)9-2)48(76)55-30(16-18-34(62)63)41(69)57-33(22-36(66)67)45(73)56-32(21-27-12-14-28(61)15-13-27)44(72)52-26(7)40(68)59-38/h12-15,23-26,29-33,37-39,61H,8-11,16-22H2,1-7H3,(H,52,72)(H,53,75)(H,54,74)(H,55,76)(H,56,73)(H,57,69)(H,58,70)(H,59,68)(H,60,71)(H,62,63)(H,64,65)(H,66,67)(H3,50,51,77)/t24-,25-,26-,29-,30-,31-,32-,33-,37-,38-,39-/m0/s1. The second-order valence-corrected chi connectivity index (χ2v) is 19.3. The Morgan fingerprint density at radius 3 is 1.35 bits per heavy atom. The number of urea groups is 1. The van der Waals surface area contributed by atoms with Gasteiger partial charge in [-0.15, -0.1) is 0 Å². The molecule has 11 amide bonds. The van der Waals surface area contributed by atoms with Crippen LogP contribution in [-0.2, 0) is 64.0 Å². The third-order valence-electron chi connectivity index (χ3n) is 12.8. The Morgan fingerprint density at radius 1 is 0.519 bits per heavy atom. The zero-order chi connectivity index (χ0) is 58.3. The van der Waals surface area contributed by atoms with Crippen LogP contribution < -0.4 is 58.9 Å². The molecule has 1 fully saturated rings. The Morgan fingerprint density at radius 2 is 0.909 bits per heavy atom. The average molecular weight is 1090 g/mol. The van der Waals surface area contributed by atoms with Crippen LogP contribution in [0.25, 0.3) is 0 Å². The summed E-state index contributed by atoms with van der Waals surface area (Å²) >= 11 is 0. The van der Waals surface area contributed by atoms with Gasteiger partial charge in [0.2, 0.25) is 53.2 Å². The number of hydrogen-bond acceptors (Lipinski definition) is 14. The van der Waals surface area contributed by atoms with E-state index in [4.69, 9.17) is 5.73 Å². The number of amides is 11. The fourth-order valence-corrected chi connectivity index (χ4v) is 7.75. The van der Waals surface area contributed by atoms with Crippen molar-refractivity contribution in [3.05, 3.63) is 29.8 Å². The van der Waals surface area contributed by atoms with Crippen LogP contribution in [0.2, 0.25) is 0 Å². The average Bonchev–Trinajstić information content (AvgIpc) is 3.35. The highest BCUT2D eigenvalue weighted by Gasteiger charge is 2.38. The predicted octanol–water partition coefficient (Wildman–Crippen LogP) is -2.27. The lowest BCUT2D eigenvalue weighted by molar-refractivity contribution is -0.141. The summed E-state index contributed by atoms with van der Waals surface area (Å²) in [5.41, 5.74) is 5.55. The predicted molar refractivity (Wildman–Crippen MR) is 271 cm³/mol. The molecular weight excluding hydrogens is 1010 g/mol. The smallest absolute Gasteiger partial charge is 0.312 e. The number of phenols is 1. The third-order valence-corrected chi connectivity index (χ3v) is 12.8. The molecule has 28 heteroatoms. The van der Waals surface area contributed by atoms with Crippen LogP contribution in [0.1, 0.15) is 112 Å². The number of benzene rings is 1. The molecule has 1 heterocycles. The van der Waals surface area contributed by atoms with Gasteiger partial charge in [-0.05, 0) is 68.1 Å². The van der Waals surface area contributed by atoms with E-state index in [2.05, 4.69) is 53.2 Å². The number of aliphatic carboxylic acids is 3. The van der Waals surface area contributed by atoms with Crippen LogP contribution in [0.3, 0.4) is 0 Å². The van der Waals surface area contributed by atoms with Crippen molar-refractivity contribution in [2.24, 2.45) is 23.5 Å². The first-order valence-electron chi connectivity index (χ1n) is 25.3. The van der Waals surface area contributed by atoms with Gasteiger partial charge in [0.05, 0.1) is 6.42 Å². The summed E-state index contributed by atoms with van der Waals surface area (Å²) in [6.45, 7) is 10.7. The monoisotopic (exact) mass is 1090 g/mol. The lowest BCUT2D eigenvalue weighted by atomic mass is 9.96. The summed E-state index contributed by atoms with van der Waals surface area (Å²) in [6, 6.07) is -10.1. The minimum atomic E-state index is -2.01. The molecule has 77 heavy (non-hydrogen) atoms. The molecule has 1 aromatic rings. The minimum absolute atomic E-state index is 0.0368. The Balaban J connectivity index is 2.90. The number of nitrogens with one attached hydrogen (secondary N) is 10. The number of carboxylic acids is 3. The first kappa shape index (κ1) is 65.0. The molecule has 0 aliphatic carbocycles. The molecule has 1 aromatic carbocycles. The van der Waals surface area contributed by atoms with E-state index in [1.54, 1.807) is 20.8 Å².